The largest absolute Gasteiger partial charge is 0.353 e. The van der Waals surface area contributed by atoms with E-state index in [-0.39, 0.29) is 24.8 Å². The molecule has 2 rings (SSSR count). The van der Waals surface area contributed by atoms with Crippen LogP contribution in [-0.4, -0.2) is 23.6 Å². The lowest BCUT2D eigenvalue weighted by molar-refractivity contribution is -0.120. The van der Waals surface area contributed by atoms with Gasteiger partial charge in [0.1, 0.15) is 0 Å². The highest BCUT2D eigenvalue weighted by molar-refractivity contribution is 8.00. The van der Waals surface area contributed by atoms with Crippen LogP contribution < -0.4 is 5.32 Å². The van der Waals surface area contributed by atoms with Gasteiger partial charge in [0.25, 0.3) is 0 Å². The summed E-state index contributed by atoms with van der Waals surface area (Å²) in [6.07, 6.45) is 0.497. The highest BCUT2D eigenvalue weighted by Crippen LogP contribution is 2.33. The Balaban J connectivity index is 1.70. The minimum absolute atomic E-state index is 0.0796. The van der Waals surface area contributed by atoms with E-state index in [1.165, 1.54) is 11.8 Å². The van der Waals surface area contributed by atoms with Crippen LogP contribution in [0.5, 0.6) is 0 Å². The summed E-state index contributed by atoms with van der Waals surface area (Å²) in [7, 11) is 0. The fraction of sp³-hybridized carbons (Fsp3) is 0.500. The third kappa shape index (κ3) is 4.82. The second kappa shape index (κ2) is 6.37. The number of halogens is 2. The van der Waals surface area contributed by atoms with E-state index in [4.69, 9.17) is 0 Å². The first-order valence-electron chi connectivity index (χ1n) is 6.40. The number of alkyl halides is 2. The first-order chi connectivity index (χ1) is 9.05. The van der Waals surface area contributed by atoms with Gasteiger partial charge in [-0.15, -0.1) is 11.8 Å². The van der Waals surface area contributed by atoms with Gasteiger partial charge in [0, 0.05) is 23.8 Å². The Hall–Kier alpha value is -1.10. The number of benzene rings is 1. The maximum absolute atomic E-state index is 13.0. The van der Waals surface area contributed by atoms with Crippen LogP contribution in [0.4, 0.5) is 8.78 Å². The highest BCUT2D eigenvalue weighted by Gasteiger charge is 2.35. The molecule has 2 nitrogen and oxygen atoms in total. The fourth-order valence-corrected chi connectivity index (χ4v) is 2.85. The zero-order valence-corrected chi connectivity index (χ0v) is 11.4. The summed E-state index contributed by atoms with van der Waals surface area (Å²) < 4.78 is 25.9. The lowest BCUT2D eigenvalue weighted by Crippen LogP contribution is -2.41. The predicted octanol–water partition coefficient (Wildman–Crippen LogP) is 3.47. The molecule has 1 amide bonds. The average Bonchev–Trinajstić information content (AvgIpc) is 2.40. The van der Waals surface area contributed by atoms with Gasteiger partial charge in [-0.05, 0) is 25.0 Å². The van der Waals surface area contributed by atoms with Crippen LogP contribution >= 0.6 is 11.8 Å². The number of hydrogen-bond donors (Lipinski definition) is 1. The topological polar surface area (TPSA) is 29.1 Å². The highest BCUT2D eigenvalue weighted by atomic mass is 32.2. The minimum atomic E-state index is -2.54. The Morgan fingerprint density at radius 2 is 1.89 bits per heavy atom. The maximum atomic E-state index is 13.0. The SMILES string of the molecule is O=C(CSc1ccccc1)NC1CCC(F)(F)CC1. The Morgan fingerprint density at radius 3 is 2.53 bits per heavy atom. The molecule has 0 spiro atoms. The number of thioether (sulfide) groups is 1. The van der Waals surface area contributed by atoms with E-state index < -0.39 is 5.92 Å². The van der Waals surface area contributed by atoms with Crippen molar-refractivity contribution in [3.05, 3.63) is 30.3 Å². The van der Waals surface area contributed by atoms with Crippen molar-refractivity contribution in [3.63, 3.8) is 0 Å². The summed E-state index contributed by atoms with van der Waals surface area (Å²) >= 11 is 1.46. The van der Waals surface area contributed by atoms with E-state index in [1.807, 2.05) is 30.3 Å². The van der Waals surface area contributed by atoms with Crippen LogP contribution in [0.2, 0.25) is 0 Å². The molecule has 1 fully saturated rings. The quantitative estimate of drug-likeness (QED) is 0.858. The van der Waals surface area contributed by atoms with Crippen molar-refractivity contribution in [3.8, 4) is 0 Å². The molecule has 0 aromatic heterocycles. The smallest absolute Gasteiger partial charge is 0.248 e. The number of hydrogen-bond acceptors (Lipinski definition) is 2. The molecule has 1 aromatic carbocycles. The van der Waals surface area contributed by atoms with Gasteiger partial charge in [-0.2, -0.15) is 0 Å². The molecule has 104 valence electrons. The molecule has 0 aliphatic heterocycles. The van der Waals surface area contributed by atoms with E-state index in [0.29, 0.717) is 18.6 Å². The molecule has 0 radical (unpaired) electrons. The fourth-order valence-electron chi connectivity index (χ4n) is 2.12. The van der Waals surface area contributed by atoms with E-state index in [9.17, 15) is 13.6 Å². The summed E-state index contributed by atoms with van der Waals surface area (Å²) in [5.41, 5.74) is 0. The molecule has 0 saturated heterocycles. The molecular weight excluding hydrogens is 268 g/mol. The number of rotatable bonds is 4. The van der Waals surface area contributed by atoms with Crippen molar-refractivity contribution in [1.82, 2.24) is 5.32 Å². The van der Waals surface area contributed by atoms with Crippen LogP contribution in [0, 0.1) is 0 Å². The van der Waals surface area contributed by atoms with Crippen LogP contribution in [0.3, 0.4) is 0 Å². The van der Waals surface area contributed by atoms with Crippen molar-refractivity contribution in [1.29, 1.82) is 0 Å². The Kier molecular flexibility index (Phi) is 4.80. The molecule has 1 N–H and O–H groups in total. The zero-order valence-electron chi connectivity index (χ0n) is 10.6. The molecule has 5 heteroatoms. The van der Waals surface area contributed by atoms with Crippen molar-refractivity contribution in [2.24, 2.45) is 0 Å². The van der Waals surface area contributed by atoms with Crippen LogP contribution in [0.15, 0.2) is 35.2 Å². The van der Waals surface area contributed by atoms with Gasteiger partial charge in [-0.25, -0.2) is 8.78 Å². The Labute approximate surface area is 116 Å². The lowest BCUT2D eigenvalue weighted by atomic mass is 9.92. The number of amides is 1. The Bertz CT molecular complexity index is 415. The van der Waals surface area contributed by atoms with Gasteiger partial charge in [0.2, 0.25) is 11.8 Å². The normalized spacial score (nSPS) is 19.1. The van der Waals surface area contributed by atoms with Crippen molar-refractivity contribution < 1.29 is 13.6 Å². The molecule has 0 atom stereocenters. The molecule has 1 saturated carbocycles. The van der Waals surface area contributed by atoms with Crippen LogP contribution in [0.1, 0.15) is 25.7 Å². The predicted molar refractivity (Wildman–Crippen MR) is 72.5 cm³/mol. The molecule has 0 bridgehead atoms. The summed E-state index contributed by atoms with van der Waals surface area (Å²) in [5, 5.41) is 2.83. The molecular formula is C14H17F2NOS. The molecule has 19 heavy (non-hydrogen) atoms. The summed E-state index contributed by atoms with van der Waals surface area (Å²) in [6.45, 7) is 0. The maximum Gasteiger partial charge on any atom is 0.248 e. The average molecular weight is 285 g/mol. The standard InChI is InChI=1S/C14H17F2NOS/c15-14(16)8-6-11(7-9-14)17-13(18)10-19-12-4-2-1-3-5-12/h1-5,11H,6-10H2,(H,17,18). The van der Waals surface area contributed by atoms with Gasteiger partial charge in [0.15, 0.2) is 0 Å². The second-order valence-electron chi connectivity index (χ2n) is 4.80. The molecule has 1 aliphatic rings. The van der Waals surface area contributed by atoms with E-state index in [2.05, 4.69) is 5.32 Å². The summed E-state index contributed by atoms with van der Waals surface area (Å²) in [4.78, 5) is 12.8. The Morgan fingerprint density at radius 1 is 1.26 bits per heavy atom. The van der Waals surface area contributed by atoms with Crippen molar-refractivity contribution in [2.45, 2.75) is 42.5 Å². The number of carbonyl (C=O) groups excluding carboxylic acids is 1. The van der Waals surface area contributed by atoms with Gasteiger partial charge in [-0.3, -0.25) is 4.79 Å². The molecule has 0 heterocycles. The van der Waals surface area contributed by atoms with E-state index in [1.54, 1.807) is 0 Å². The monoisotopic (exact) mass is 285 g/mol. The molecule has 1 aromatic rings. The van der Waals surface area contributed by atoms with Crippen LogP contribution in [0.25, 0.3) is 0 Å². The van der Waals surface area contributed by atoms with Gasteiger partial charge in [0.05, 0.1) is 5.75 Å². The second-order valence-corrected chi connectivity index (χ2v) is 5.85. The molecule has 1 aliphatic carbocycles. The number of nitrogens with one attached hydrogen (secondary N) is 1. The van der Waals surface area contributed by atoms with Crippen LogP contribution in [-0.2, 0) is 4.79 Å². The lowest BCUT2D eigenvalue weighted by Gasteiger charge is -2.28. The van der Waals surface area contributed by atoms with Crippen molar-refractivity contribution >= 4 is 17.7 Å². The van der Waals surface area contributed by atoms with E-state index in [0.717, 1.165) is 4.90 Å². The number of carbonyl (C=O) groups is 1. The van der Waals surface area contributed by atoms with Crippen molar-refractivity contribution in [2.75, 3.05) is 5.75 Å². The summed E-state index contributed by atoms with van der Waals surface area (Å²) in [6, 6.07) is 9.56. The summed E-state index contributed by atoms with van der Waals surface area (Å²) in [5.74, 6) is -2.29. The first-order valence-corrected chi connectivity index (χ1v) is 7.39. The van der Waals surface area contributed by atoms with Gasteiger partial charge in [-0.1, -0.05) is 18.2 Å². The third-order valence-electron chi connectivity index (χ3n) is 3.20. The third-order valence-corrected chi connectivity index (χ3v) is 4.21. The van der Waals surface area contributed by atoms with Gasteiger partial charge < -0.3 is 5.32 Å². The first kappa shape index (κ1) is 14.3. The molecule has 0 unspecified atom stereocenters. The van der Waals surface area contributed by atoms with Gasteiger partial charge >= 0.3 is 0 Å². The minimum Gasteiger partial charge on any atom is -0.353 e. The zero-order chi connectivity index (χ0) is 13.7. The van der Waals surface area contributed by atoms with E-state index >= 15 is 0 Å².